The van der Waals surface area contributed by atoms with Crippen molar-refractivity contribution in [1.82, 2.24) is 14.5 Å². The third-order valence-electron chi connectivity index (χ3n) is 5.84. The predicted molar refractivity (Wildman–Crippen MR) is 116 cm³/mol. The SMILES string of the molecule is CC1CCN(CC(O)Cn2c(C(C)Oc3ccccc3)nc3ccccc32)CC1. The lowest BCUT2D eigenvalue weighted by Crippen LogP contribution is -2.39. The molecule has 1 fully saturated rings. The Morgan fingerprint density at radius 3 is 2.48 bits per heavy atom. The Hall–Kier alpha value is -2.37. The smallest absolute Gasteiger partial charge is 0.153 e. The maximum Gasteiger partial charge on any atom is 0.153 e. The molecule has 1 aromatic heterocycles. The van der Waals surface area contributed by atoms with Crippen LogP contribution >= 0.6 is 0 Å². The van der Waals surface area contributed by atoms with E-state index in [0.717, 1.165) is 41.6 Å². The van der Waals surface area contributed by atoms with Crippen molar-refractivity contribution in [3.05, 3.63) is 60.4 Å². The van der Waals surface area contributed by atoms with Gasteiger partial charge in [0.05, 0.1) is 23.7 Å². The van der Waals surface area contributed by atoms with Gasteiger partial charge in [-0.2, -0.15) is 0 Å². The van der Waals surface area contributed by atoms with Crippen LogP contribution in [-0.4, -0.2) is 45.3 Å². The van der Waals surface area contributed by atoms with Crippen molar-refractivity contribution in [2.24, 2.45) is 5.92 Å². The molecular weight excluding hydrogens is 362 g/mol. The summed E-state index contributed by atoms with van der Waals surface area (Å²) < 4.78 is 8.26. The van der Waals surface area contributed by atoms with Crippen LogP contribution in [0.1, 0.15) is 38.6 Å². The van der Waals surface area contributed by atoms with Gasteiger partial charge in [-0.1, -0.05) is 37.3 Å². The normalized spacial score (nSPS) is 18.0. The summed E-state index contributed by atoms with van der Waals surface area (Å²) in [6.45, 7) is 7.69. The molecule has 0 bridgehead atoms. The van der Waals surface area contributed by atoms with Crippen LogP contribution in [0, 0.1) is 5.92 Å². The largest absolute Gasteiger partial charge is 0.483 e. The van der Waals surface area contributed by atoms with Gasteiger partial charge in [-0.05, 0) is 63.0 Å². The molecule has 2 unspecified atom stereocenters. The van der Waals surface area contributed by atoms with Crippen LogP contribution in [0.4, 0.5) is 0 Å². The van der Waals surface area contributed by atoms with E-state index in [2.05, 4.69) is 22.5 Å². The number of fused-ring (bicyclic) bond motifs is 1. The highest BCUT2D eigenvalue weighted by atomic mass is 16.5. The van der Waals surface area contributed by atoms with Crippen LogP contribution in [-0.2, 0) is 6.54 Å². The number of likely N-dealkylation sites (tertiary alicyclic amines) is 1. The van der Waals surface area contributed by atoms with Crippen LogP contribution < -0.4 is 4.74 Å². The summed E-state index contributed by atoms with van der Waals surface area (Å²) in [5.74, 6) is 2.46. The molecule has 2 atom stereocenters. The number of nitrogens with zero attached hydrogens (tertiary/aromatic N) is 3. The first-order valence-corrected chi connectivity index (χ1v) is 10.7. The minimum absolute atomic E-state index is 0.215. The molecule has 1 saturated heterocycles. The van der Waals surface area contributed by atoms with E-state index in [-0.39, 0.29) is 6.10 Å². The van der Waals surface area contributed by atoms with E-state index >= 15 is 0 Å². The number of aromatic nitrogens is 2. The minimum Gasteiger partial charge on any atom is -0.483 e. The fourth-order valence-corrected chi connectivity index (χ4v) is 4.16. The minimum atomic E-state index is -0.441. The number of β-amino-alcohol motifs (C(OH)–C–C–N with tert-alkyl or cyclic N) is 1. The monoisotopic (exact) mass is 393 g/mol. The second-order valence-corrected chi connectivity index (χ2v) is 8.28. The Balaban J connectivity index is 1.53. The van der Waals surface area contributed by atoms with Crippen molar-refractivity contribution in [3.8, 4) is 5.75 Å². The van der Waals surface area contributed by atoms with Gasteiger partial charge in [0.1, 0.15) is 5.75 Å². The van der Waals surface area contributed by atoms with Gasteiger partial charge in [0, 0.05) is 6.54 Å². The molecule has 5 nitrogen and oxygen atoms in total. The average molecular weight is 394 g/mol. The third kappa shape index (κ3) is 4.80. The Kier molecular flexibility index (Phi) is 6.16. The lowest BCUT2D eigenvalue weighted by atomic mass is 9.99. The van der Waals surface area contributed by atoms with E-state index in [4.69, 9.17) is 9.72 Å². The zero-order chi connectivity index (χ0) is 20.2. The second kappa shape index (κ2) is 8.97. The van der Waals surface area contributed by atoms with Crippen molar-refractivity contribution in [1.29, 1.82) is 0 Å². The zero-order valence-corrected chi connectivity index (χ0v) is 17.4. The number of rotatable bonds is 7. The second-order valence-electron chi connectivity index (χ2n) is 8.28. The van der Waals surface area contributed by atoms with E-state index < -0.39 is 6.10 Å². The van der Waals surface area contributed by atoms with Crippen LogP contribution in [0.25, 0.3) is 11.0 Å². The summed E-state index contributed by atoms with van der Waals surface area (Å²) in [6.07, 6.45) is 1.78. The molecule has 1 aliphatic heterocycles. The highest BCUT2D eigenvalue weighted by molar-refractivity contribution is 5.76. The molecule has 1 aliphatic rings. The highest BCUT2D eigenvalue weighted by Gasteiger charge is 2.22. The third-order valence-corrected chi connectivity index (χ3v) is 5.84. The van der Waals surface area contributed by atoms with Gasteiger partial charge in [0.2, 0.25) is 0 Å². The number of benzene rings is 2. The number of aliphatic hydroxyl groups excluding tert-OH is 1. The highest BCUT2D eigenvalue weighted by Crippen LogP contribution is 2.26. The molecule has 0 spiro atoms. The van der Waals surface area contributed by atoms with Crippen molar-refractivity contribution in [3.63, 3.8) is 0 Å². The van der Waals surface area contributed by atoms with Gasteiger partial charge >= 0.3 is 0 Å². The van der Waals surface area contributed by atoms with Crippen molar-refractivity contribution in [2.75, 3.05) is 19.6 Å². The molecule has 2 heterocycles. The van der Waals surface area contributed by atoms with Gasteiger partial charge < -0.3 is 19.3 Å². The number of ether oxygens (including phenoxy) is 1. The van der Waals surface area contributed by atoms with Gasteiger partial charge in [-0.25, -0.2) is 4.98 Å². The summed E-state index contributed by atoms with van der Waals surface area (Å²) in [7, 11) is 0. The van der Waals surface area contributed by atoms with Crippen molar-refractivity contribution >= 4 is 11.0 Å². The molecule has 2 aromatic carbocycles. The first-order chi connectivity index (χ1) is 14.1. The Morgan fingerprint density at radius 2 is 1.72 bits per heavy atom. The molecule has 0 aliphatic carbocycles. The molecular formula is C24H31N3O2. The number of hydrogen-bond acceptors (Lipinski definition) is 4. The first-order valence-electron chi connectivity index (χ1n) is 10.7. The molecule has 0 saturated carbocycles. The fourth-order valence-electron chi connectivity index (χ4n) is 4.16. The lowest BCUT2D eigenvalue weighted by Gasteiger charge is -2.32. The van der Waals surface area contributed by atoms with E-state index in [1.54, 1.807) is 0 Å². The summed E-state index contributed by atoms with van der Waals surface area (Å²) >= 11 is 0. The van der Waals surface area contributed by atoms with Crippen molar-refractivity contribution < 1.29 is 9.84 Å². The Morgan fingerprint density at radius 1 is 1.03 bits per heavy atom. The molecule has 3 aromatic rings. The van der Waals surface area contributed by atoms with E-state index in [0.29, 0.717) is 13.1 Å². The van der Waals surface area contributed by atoms with Gasteiger partial charge in [0.25, 0.3) is 0 Å². The van der Waals surface area contributed by atoms with Gasteiger partial charge in [-0.15, -0.1) is 0 Å². The number of imidazole rings is 1. The predicted octanol–water partition coefficient (Wildman–Crippen LogP) is 4.27. The van der Waals surface area contributed by atoms with E-state index in [9.17, 15) is 5.11 Å². The number of aliphatic hydroxyl groups is 1. The Labute approximate surface area is 172 Å². The number of hydrogen-bond donors (Lipinski definition) is 1. The summed E-state index contributed by atoms with van der Waals surface area (Å²) in [5.41, 5.74) is 1.97. The average Bonchev–Trinajstić information content (AvgIpc) is 3.09. The molecule has 5 heteroatoms. The molecule has 1 N–H and O–H groups in total. The fraction of sp³-hybridized carbons (Fsp3) is 0.458. The maximum atomic E-state index is 10.9. The van der Waals surface area contributed by atoms with Crippen LogP contribution in [0.3, 0.4) is 0 Å². The van der Waals surface area contributed by atoms with Crippen LogP contribution in [0.2, 0.25) is 0 Å². The molecule has 154 valence electrons. The van der Waals surface area contributed by atoms with E-state index in [1.807, 2.05) is 55.5 Å². The summed E-state index contributed by atoms with van der Waals surface area (Å²) in [6, 6.07) is 17.9. The van der Waals surface area contributed by atoms with Gasteiger partial charge in [-0.3, -0.25) is 0 Å². The van der Waals surface area contributed by atoms with Crippen LogP contribution in [0.5, 0.6) is 5.75 Å². The maximum absolute atomic E-state index is 10.9. The van der Waals surface area contributed by atoms with Crippen LogP contribution in [0.15, 0.2) is 54.6 Å². The van der Waals surface area contributed by atoms with Gasteiger partial charge in [0.15, 0.2) is 11.9 Å². The number of para-hydroxylation sites is 3. The lowest BCUT2D eigenvalue weighted by molar-refractivity contribution is 0.0787. The summed E-state index contributed by atoms with van der Waals surface area (Å²) in [4.78, 5) is 7.21. The number of piperidine rings is 1. The molecule has 0 radical (unpaired) electrons. The quantitative estimate of drug-likeness (QED) is 0.651. The van der Waals surface area contributed by atoms with E-state index in [1.165, 1.54) is 12.8 Å². The topological polar surface area (TPSA) is 50.5 Å². The standard InChI is InChI=1S/C24H31N3O2/c1-18-12-14-26(15-13-18)16-20(28)17-27-23-11-7-6-10-22(23)25-24(27)19(2)29-21-8-4-3-5-9-21/h3-11,18-20,28H,12-17H2,1-2H3. The molecule has 0 amide bonds. The summed E-state index contributed by atoms with van der Waals surface area (Å²) in [5, 5.41) is 10.9. The van der Waals surface area contributed by atoms with Crippen molar-refractivity contribution in [2.45, 2.75) is 45.4 Å². The zero-order valence-electron chi connectivity index (χ0n) is 17.4. The Bertz CT molecular complexity index is 916. The first kappa shape index (κ1) is 19.9. The molecule has 29 heavy (non-hydrogen) atoms. The molecule has 4 rings (SSSR count).